The number of guanidine groups is 1. The first-order valence-corrected chi connectivity index (χ1v) is 9.82. The minimum Gasteiger partial charge on any atom is -0.484 e. The topological polar surface area (TPSA) is 66.4 Å². The summed E-state index contributed by atoms with van der Waals surface area (Å²) in [7, 11) is 0. The van der Waals surface area contributed by atoms with Crippen LogP contribution in [0.4, 0.5) is 18.0 Å². The molecule has 3 rings (SSSR count). The smallest absolute Gasteiger partial charge is 0.422 e. The van der Waals surface area contributed by atoms with E-state index in [0.29, 0.717) is 37.7 Å². The molecule has 0 saturated carbocycles. The zero-order valence-electron chi connectivity index (χ0n) is 17.3. The van der Waals surface area contributed by atoms with Gasteiger partial charge >= 0.3 is 12.3 Å². The lowest BCUT2D eigenvalue weighted by Gasteiger charge is -2.39. The molecular formula is C20H27F3N4O3. The highest BCUT2D eigenvalue weighted by molar-refractivity contribution is 5.82. The summed E-state index contributed by atoms with van der Waals surface area (Å²) in [5.41, 5.74) is 0.0644. The van der Waals surface area contributed by atoms with Crippen molar-refractivity contribution in [2.24, 2.45) is 4.99 Å². The Kier molecular flexibility index (Phi) is 6.33. The molecule has 2 aliphatic heterocycles. The van der Waals surface area contributed by atoms with Crippen LogP contribution in [0.15, 0.2) is 29.3 Å². The van der Waals surface area contributed by atoms with E-state index in [1.807, 2.05) is 20.8 Å². The fourth-order valence-corrected chi connectivity index (χ4v) is 3.35. The fourth-order valence-electron chi connectivity index (χ4n) is 3.35. The van der Waals surface area contributed by atoms with E-state index in [2.05, 4.69) is 15.2 Å². The Labute approximate surface area is 173 Å². The molecule has 1 fully saturated rings. The Morgan fingerprint density at radius 3 is 2.67 bits per heavy atom. The zero-order valence-corrected chi connectivity index (χ0v) is 17.3. The van der Waals surface area contributed by atoms with Crippen molar-refractivity contribution in [1.82, 2.24) is 15.1 Å². The summed E-state index contributed by atoms with van der Waals surface area (Å²) in [6, 6.07) is 6.66. The van der Waals surface area contributed by atoms with E-state index < -0.39 is 18.4 Å². The molecule has 2 aliphatic rings. The van der Waals surface area contributed by atoms with Gasteiger partial charge in [0.1, 0.15) is 11.4 Å². The summed E-state index contributed by atoms with van der Waals surface area (Å²) >= 11 is 0. The highest BCUT2D eigenvalue weighted by Gasteiger charge is 2.36. The summed E-state index contributed by atoms with van der Waals surface area (Å²) in [6.07, 6.45) is -4.73. The van der Waals surface area contributed by atoms with Crippen LogP contribution in [0.2, 0.25) is 0 Å². The summed E-state index contributed by atoms with van der Waals surface area (Å²) in [5.74, 6) is 0.863. The van der Waals surface area contributed by atoms with Crippen LogP contribution in [-0.4, -0.2) is 72.5 Å². The number of para-hydroxylation sites is 1. The van der Waals surface area contributed by atoms with Gasteiger partial charge in [-0.15, -0.1) is 0 Å². The molecule has 1 amide bonds. The number of halogens is 3. The second-order valence-corrected chi connectivity index (χ2v) is 8.30. The molecule has 2 heterocycles. The Morgan fingerprint density at radius 1 is 1.23 bits per heavy atom. The van der Waals surface area contributed by atoms with Gasteiger partial charge in [0.15, 0.2) is 12.6 Å². The average Bonchev–Trinajstić information content (AvgIpc) is 3.05. The van der Waals surface area contributed by atoms with Crippen LogP contribution in [0.1, 0.15) is 26.3 Å². The summed E-state index contributed by atoms with van der Waals surface area (Å²) in [4.78, 5) is 20.6. The number of benzene rings is 1. The molecule has 0 bridgehead atoms. The van der Waals surface area contributed by atoms with Crippen LogP contribution in [0.5, 0.6) is 5.75 Å². The molecule has 1 aromatic carbocycles. The number of ether oxygens (including phenoxy) is 2. The predicted octanol–water partition coefficient (Wildman–Crippen LogP) is 3.01. The Hall–Kier alpha value is -2.65. The van der Waals surface area contributed by atoms with Gasteiger partial charge in [0.05, 0.1) is 12.6 Å². The van der Waals surface area contributed by atoms with Crippen molar-refractivity contribution >= 4 is 12.1 Å². The van der Waals surface area contributed by atoms with Crippen molar-refractivity contribution in [1.29, 1.82) is 0 Å². The van der Waals surface area contributed by atoms with Crippen LogP contribution < -0.4 is 10.1 Å². The lowest BCUT2D eigenvalue weighted by Crippen LogP contribution is -2.57. The third-order valence-electron chi connectivity index (χ3n) is 4.66. The molecule has 0 spiro atoms. The molecule has 0 radical (unpaired) electrons. The first kappa shape index (κ1) is 22.0. The number of carbonyl (C=O) groups excluding carboxylic acids is 1. The molecule has 30 heavy (non-hydrogen) atoms. The second kappa shape index (κ2) is 8.61. The number of alkyl halides is 3. The van der Waals surface area contributed by atoms with Crippen LogP contribution in [0.3, 0.4) is 0 Å². The normalized spacial score (nSPS) is 19.3. The molecule has 1 aromatic rings. The maximum atomic E-state index is 12.5. The summed E-state index contributed by atoms with van der Waals surface area (Å²) < 4.78 is 47.8. The van der Waals surface area contributed by atoms with Gasteiger partial charge in [-0.3, -0.25) is 4.99 Å². The molecule has 1 N–H and O–H groups in total. The molecule has 166 valence electrons. The van der Waals surface area contributed by atoms with E-state index in [0.717, 1.165) is 0 Å². The van der Waals surface area contributed by atoms with E-state index in [1.165, 1.54) is 6.07 Å². The Morgan fingerprint density at radius 2 is 1.97 bits per heavy atom. The lowest BCUT2D eigenvalue weighted by atomic mass is 10.2. The molecule has 0 aromatic heterocycles. The number of fused-ring (bicyclic) bond motifs is 1. The Bertz CT molecular complexity index is 792. The van der Waals surface area contributed by atoms with Crippen molar-refractivity contribution in [2.75, 3.05) is 32.8 Å². The average molecular weight is 428 g/mol. The Balaban J connectivity index is 1.54. The maximum absolute atomic E-state index is 12.5. The van der Waals surface area contributed by atoms with E-state index in [4.69, 9.17) is 9.47 Å². The second-order valence-electron chi connectivity index (χ2n) is 8.30. The van der Waals surface area contributed by atoms with Crippen LogP contribution in [0, 0.1) is 0 Å². The highest BCUT2D eigenvalue weighted by Crippen LogP contribution is 2.23. The van der Waals surface area contributed by atoms with Crippen molar-refractivity contribution in [3.8, 4) is 5.75 Å². The van der Waals surface area contributed by atoms with Gasteiger partial charge < -0.3 is 24.6 Å². The summed E-state index contributed by atoms with van der Waals surface area (Å²) in [6.45, 7) is 6.60. The number of carbonyl (C=O) groups is 1. The largest absolute Gasteiger partial charge is 0.484 e. The number of amides is 1. The third-order valence-corrected chi connectivity index (χ3v) is 4.66. The minimum atomic E-state index is -4.39. The zero-order chi connectivity index (χ0) is 21.9. The standard InChI is InChI=1S/C20H27F3N4O3/c1-19(2,3)30-18(28)26-8-9-27-15(12-26)11-25-17(27)24-10-14-6-4-5-7-16(14)29-13-20(21,22)23/h4-7,15H,8-13H2,1-3H3,(H,24,25). The first-order chi connectivity index (χ1) is 14.0. The molecular weight excluding hydrogens is 401 g/mol. The predicted molar refractivity (Wildman–Crippen MR) is 105 cm³/mol. The van der Waals surface area contributed by atoms with Crippen LogP contribution in [0.25, 0.3) is 0 Å². The molecule has 1 saturated heterocycles. The van der Waals surface area contributed by atoms with E-state index in [9.17, 15) is 18.0 Å². The number of nitrogens with one attached hydrogen (secondary N) is 1. The van der Waals surface area contributed by atoms with Crippen LogP contribution in [-0.2, 0) is 11.3 Å². The minimum absolute atomic E-state index is 0.0468. The monoisotopic (exact) mass is 428 g/mol. The van der Waals surface area contributed by atoms with E-state index in [-0.39, 0.29) is 24.4 Å². The number of piperazine rings is 1. The van der Waals surface area contributed by atoms with Gasteiger partial charge in [-0.05, 0) is 26.8 Å². The number of aliphatic imine (C=N–C) groups is 1. The number of rotatable bonds is 4. The third kappa shape index (κ3) is 5.93. The van der Waals surface area contributed by atoms with Gasteiger partial charge in [-0.1, -0.05) is 18.2 Å². The molecule has 1 unspecified atom stereocenters. The van der Waals surface area contributed by atoms with Gasteiger partial charge in [0.25, 0.3) is 0 Å². The molecule has 0 aliphatic carbocycles. The number of nitrogens with zero attached hydrogens (tertiary/aromatic N) is 3. The lowest BCUT2D eigenvalue weighted by molar-refractivity contribution is -0.153. The van der Waals surface area contributed by atoms with Crippen molar-refractivity contribution in [3.63, 3.8) is 0 Å². The van der Waals surface area contributed by atoms with Gasteiger partial charge in [0, 0.05) is 31.7 Å². The molecule has 7 nitrogen and oxygen atoms in total. The van der Waals surface area contributed by atoms with E-state index in [1.54, 1.807) is 23.1 Å². The van der Waals surface area contributed by atoms with Crippen molar-refractivity contribution < 1.29 is 27.4 Å². The first-order valence-electron chi connectivity index (χ1n) is 9.82. The number of hydrogen-bond donors (Lipinski definition) is 1. The number of hydrogen-bond acceptors (Lipinski definition) is 6. The summed E-state index contributed by atoms with van der Waals surface area (Å²) in [5, 5.41) is 3.20. The van der Waals surface area contributed by atoms with Crippen LogP contribution >= 0.6 is 0 Å². The van der Waals surface area contributed by atoms with Crippen molar-refractivity contribution in [3.05, 3.63) is 29.8 Å². The van der Waals surface area contributed by atoms with Gasteiger partial charge in [0.2, 0.25) is 0 Å². The molecule has 10 heteroatoms. The maximum Gasteiger partial charge on any atom is 0.422 e. The van der Waals surface area contributed by atoms with Crippen molar-refractivity contribution in [2.45, 2.75) is 45.1 Å². The quantitative estimate of drug-likeness (QED) is 0.799. The van der Waals surface area contributed by atoms with E-state index >= 15 is 0 Å². The molecule has 1 atom stereocenters. The van der Waals surface area contributed by atoms with Gasteiger partial charge in [-0.2, -0.15) is 13.2 Å². The SMILES string of the molecule is CC(C)(C)OC(=O)N1CCN2C(NCc3ccccc3OCC(F)(F)F)=NCC2C1. The highest BCUT2D eigenvalue weighted by atomic mass is 19.4. The fraction of sp³-hybridized carbons (Fsp3) is 0.600. The van der Waals surface area contributed by atoms with Gasteiger partial charge in [-0.25, -0.2) is 4.79 Å².